The summed E-state index contributed by atoms with van der Waals surface area (Å²) in [7, 11) is 0. The number of hydrogen-bond acceptors (Lipinski definition) is 2. The minimum Gasteiger partial charge on any atom is -0.481 e. The largest absolute Gasteiger partial charge is 0.481 e. The topological polar surface area (TPSA) is 33.1 Å². The quantitative estimate of drug-likeness (QED) is 0.608. The Bertz CT molecular complexity index is 282. The van der Waals surface area contributed by atoms with Gasteiger partial charge < -0.3 is 4.74 Å². The van der Waals surface area contributed by atoms with E-state index in [2.05, 4.69) is 19.1 Å². The molecule has 1 aromatic carbocycles. The Balaban J connectivity index is 0.00000169. The zero-order valence-corrected chi connectivity index (χ0v) is 9.36. The minimum atomic E-state index is 0. The summed E-state index contributed by atoms with van der Waals surface area (Å²) in [5, 5.41) is 7.46. The SMILES string of the molecule is CCOC(=N)Cc1ccc(C)cc1.Cl. The molecule has 0 aliphatic rings. The normalized spacial score (nSPS) is 9.00. The molecule has 1 rings (SSSR count). The molecular weight excluding hydrogens is 198 g/mol. The monoisotopic (exact) mass is 213 g/mol. The zero-order chi connectivity index (χ0) is 9.68. The number of aryl methyl sites for hydroxylation is 1. The molecule has 1 N–H and O–H groups in total. The highest BCUT2D eigenvalue weighted by molar-refractivity contribution is 5.85. The molecule has 0 aliphatic carbocycles. The van der Waals surface area contributed by atoms with E-state index >= 15 is 0 Å². The van der Waals surface area contributed by atoms with Gasteiger partial charge in [0.1, 0.15) is 0 Å². The highest BCUT2D eigenvalue weighted by Gasteiger charge is 1.98. The molecule has 0 fully saturated rings. The first-order valence-electron chi connectivity index (χ1n) is 4.48. The molecular formula is C11H16ClNO. The van der Waals surface area contributed by atoms with Crippen LogP contribution in [0.5, 0.6) is 0 Å². The van der Waals surface area contributed by atoms with Crippen LogP contribution in [0, 0.1) is 12.3 Å². The van der Waals surface area contributed by atoms with Gasteiger partial charge in [0, 0.05) is 6.42 Å². The average Bonchev–Trinajstić information content (AvgIpc) is 2.09. The molecule has 0 atom stereocenters. The van der Waals surface area contributed by atoms with Crippen LogP contribution < -0.4 is 0 Å². The summed E-state index contributed by atoms with van der Waals surface area (Å²) in [4.78, 5) is 0. The van der Waals surface area contributed by atoms with E-state index in [0.29, 0.717) is 18.9 Å². The predicted molar refractivity (Wildman–Crippen MR) is 61.5 cm³/mol. The van der Waals surface area contributed by atoms with E-state index in [-0.39, 0.29) is 12.4 Å². The molecule has 0 aromatic heterocycles. The highest BCUT2D eigenvalue weighted by atomic mass is 35.5. The second-order valence-corrected chi connectivity index (χ2v) is 3.02. The van der Waals surface area contributed by atoms with Gasteiger partial charge in [0.25, 0.3) is 0 Å². The van der Waals surface area contributed by atoms with Crippen molar-refractivity contribution in [1.29, 1.82) is 5.41 Å². The second-order valence-electron chi connectivity index (χ2n) is 3.02. The van der Waals surface area contributed by atoms with Gasteiger partial charge in [0.15, 0.2) is 5.90 Å². The first-order chi connectivity index (χ1) is 6.22. The Morgan fingerprint density at radius 1 is 1.29 bits per heavy atom. The van der Waals surface area contributed by atoms with Crippen molar-refractivity contribution in [2.75, 3.05) is 6.61 Å². The van der Waals surface area contributed by atoms with Gasteiger partial charge in [-0.15, -0.1) is 12.4 Å². The standard InChI is InChI=1S/C11H15NO.ClH/c1-3-13-11(12)8-10-6-4-9(2)5-7-10;/h4-7,12H,3,8H2,1-2H3;1H. The summed E-state index contributed by atoms with van der Waals surface area (Å²) in [6.45, 7) is 4.52. The van der Waals surface area contributed by atoms with E-state index in [4.69, 9.17) is 10.1 Å². The fourth-order valence-electron chi connectivity index (χ4n) is 1.12. The summed E-state index contributed by atoms with van der Waals surface area (Å²) in [5.74, 6) is 0.339. The van der Waals surface area contributed by atoms with Crippen LogP contribution in [0.4, 0.5) is 0 Å². The molecule has 0 radical (unpaired) electrons. The third-order valence-corrected chi connectivity index (χ3v) is 1.80. The van der Waals surface area contributed by atoms with E-state index in [1.165, 1.54) is 5.56 Å². The van der Waals surface area contributed by atoms with Crippen molar-refractivity contribution < 1.29 is 4.74 Å². The lowest BCUT2D eigenvalue weighted by Gasteiger charge is -2.04. The van der Waals surface area contributed by atoms with Crippen LogP contribution in [0.3, 0.4) is 0 Å². The molecule has 0 heterocycles. The van der Waals surface area contributed by atoms with Crippen LogP contribution in [0.25, 0.3) is 0 Å². The Labute approximate surface area is 91.2 Å². The molecule has 2 nitrogen and oxygen atoms in total. The van der Waals surface area contributed by atoms with Crippen LogP contribution in [0.15, 0.2) is 24.3 Å². The number of hydrogen-bond donors (Lipinski definition) is 1. The first-order valence-corrected chi connectivity index (χ1v) is 4.48. The van der Waals surface area contributed by atoms with E-state index in [9.17, 15) is 0 Å². The summed E-state index contributed by atoms with van der Waals surface area (Å²) in [6, 6.07) is 8.16. The lowest BCUT2D eigenvalue weighted by molar-refractivity contribution is 0.317. The second kappa shape index (κ2) is 6.44. The van der Waals surface area contributed by atoms with E-state index in [1.807, 2.05) is 19.1 Å². The van der Waals surface area contributed by atoms with Crippen molar-refractivity contribution in [3.8, 4) is 0 Å². The molecule has 0 spiro atoms. The van der Waals surface area contributed by atoms with E-state index in [1.54, 1.807) is 0 Å². The lowest BCUT2D eigenvalue weighted by Crippen LogP contribution is -2.06. The fraction of sp³-hybridized carbons (Fsp3) is 0.364. The lowest BCUT2D eigenvalue weighted by atomic mass is 10.1. The maximum atomic E-state index is 7.46. The highest BCUT2D eigenvalue weighted by Crippen LogP contribution is 2.04. The molecule has 78 valence electrons. The number of benzene rings is 1. The summed E-state index contributed by atoms with van der Waals surface area (Å²) < 4.78 is 5.06. The van der Waals surface area contributed by atoms with Crippen molar-refractivity contribution in [2.24, 2.45) is 0 Å². The van der Waals surface area contributed by atoms with Crippen LogP contribution >= 0.6 is 12.4 Å². The van der Waals surface area contributed by atoms with Crippen molar-refractivity contribution in [3.63, 3.8) is 0 Å². The van der Waals surface area contributed by atoms with Crippen molar-refractivity contribution in [2.45, 2.75) is 20.3 Å². The Kier molecular flexibility index (Phi) is 5.97. The summed E-state index contributed by atoms with van der Waals surface area (Å²) in [6.07, 6.45) is 0.591. The molecule has 14 heavy (non-hydrogen) atoms. The molecule has 3 heteroatoms. The van der Waals surface area contributed by atoms with Gasteiger partial charge in [0.05, 0.1) is 6.61 Å². The van der Waals surface area contributed by atoms with Crippen molar-refractivity contribution in [3.05, 3.63) is 35.4 Å². The van der Waals surface area contributed by atoms with Crippen molar-refractivity contribution >= 4 is 18.3 Å². The van der Waals surface area contributed by atoms with Gasteiger partial charge in [-0.1, -0.05) is 29.8 Å². The van der Waals surface area contributed by atoms with Gasteiger partial charge in [0.2, 0.25) is 0 Å². The van der Waals surface area contributed by atoms with E-state index in [0.717, 1.165) is 5.56 Å². The maximum Gasteiger partial charge on any atom is 0.184 e. The molecule has 0 bridgehead atoms. The Morgan fingerprint density at radius 2 is 1.86 bits per heavy atom. The van der Waals surface area contributed by atoms with Crippen molar-refractivity contribution in [1.82, 2.24) is 0 Å². The molecule has 1 aromatic rings. The number of rotatable bonds is 3. The Morgan fingerprint density at radius 3 is 2.36 bits per heavy atom. The number of nitrogens with one attached hydrogen (secondary N) is 1. The zero-order valence-electron chi connectivity index (χ0n) is 8.54. The van der Waals surface area contributed by atoms with Crippen LogP contribution in [-0.4, -0.2) is 12.5 Å². The minimum absolute atomic E-state index is 0. The third kappa shape index (κ3) is 4.28. The van der Waals surface area contributed by atoms with Gasteiger partial charge in [-0.05, 0) is 19.4 Å². The summed E-state index contributed by atoms with van der Waals surface area (Å²) in [5.41, 5.74) is 2.37. The Hall–Kier alpha value is -1.02. The molecule has 0 saturated heterocycles. The third-order valence-electron chi connectivity index (χ3n) is 1.80. The molecule has 0 aliphatic heterocycles. The number of ether oxygens (including phenoxy) is 1. The smallest absolute Gasteiger partial charge is 0.184 e. The average molecular weight is 214 g/mol. The molecule has 0 unspecified atom stereocenters. The van der Waals surface area contributed by atoms with Gasteiger partial charge in [-0.2, -0.15) is 0 Å². The number of halogens is 1. The maximum absolute atomic E-state index is 7.46. The molecule has 0 saturated carbocycles. The fourth-order valence-corrected chi connectivity index (χ4v) is 1.12. The van der Waals surface area contributed by atoms with Gasteiger partial charge in [-0.25, -0.2) is 0 Å². The first kappa shape index (κ1) is 13.0. The predicted octanol–water partition coefficient (Wildman–Crippen LogP) is 2.97. The van der Waals surface area contributed by atoms with Crippen LogP contribution in [0.1, 0.15) is 18.1 Å². The van der Waals surface area contributed by atoms with Gasteiger partial charge >= 0.3 is 0 Å². The van der Waals surface area contributed by atoms with Crippen LogP contribution in [0.2, 0.25) is 0 Å². The molecule has 0 amide bonds. The van der Waals surface area contributed by atoms with Crippen LogP contribution in [-0.2, 0) is 11.2 Å². The van der Waals surface area contributed by atoms with E-state index < -0.39 is 0 Å². The summed E-state index contributed by atoms with van der Waals surface area (Å²) >= 11 is 0. The van der Waals surface area contributed by atoms with Gasteiger partial charge in [-0.3, -0.25) is 5.41 Å².